The minimum atomic E-state index is -0.646. The number of hydrogen-bond acceptors (Lipinski definition) is 3. The Bertz CT molecular complexity index is 856. The van der Waals surface area contributed by atoms with Gasteiger partial charge in [0.1, 0.15) is 6.20 Å². The van der Waals surface area contributed by atoms with Crippen molar-refractivity contribution in [2.45, 2.75) is 25.7 Å². The molecule has 2 aromatic rings. The highest BCUT2D eigenvalue weighted by atomic mass is 35.5. The van der Waals surface area contributed by atoms with Crippen LogP contribution >= 0.6 is 23.2 Å². The minimum absolute atomic E-state index is 0.393. The van der Waals surface area contributed by atoms with Gasteiger partial charge in [0.05, 0.1) is 15.7 Å². The van der Waals surface area contributed by atoms with Gasteiger partial charge in [0.15, 0.2) is 0 Å². The largest absolute Gasteiger partial charge is 0.349 e. The number of nitrogens with one attached hydrogen (secondary N) is 1. The Balaban J connectivity index is 2.05. The minimum Gasteiger partial charge on any atom is -0.271 e. The fraction of sp³-hybridized carbons (Fsp3) is 0.312. The number of allylic oxidation sites excluding steroid dienone is 1. The molecule has 23 heavy (non-hydrogen) atoms. The van der Waals surface area contributed by atoms with Crippen LogP contribution in [0.2, 0.25) is 10.0 Å². The highest BCUT2D eigenvalue weighted by Gasteiger charge is 2.23. The van der Waals surface area contributed by atoms with Crippen molar-refractivity contribution >= 4 is 28.8 Å². The molecule has 1 heterocycles. The third-order valence-electron chi connectivity index (χ3n) is 4.15. The average Bonchev–Trinajstić information content (AvgIpc) is 3.00. The SMILES string of the molecule is C=C(c1c(Cl)cc(-n2ncc(=O)[nH]c2=O)cc1Cl)C1CCCC1. The van der Waals surface area contributed by atoms with E-state index in [2.05, 4.69) is 16.7 Å². The monoisotopic (exact) mass is 351 g/mol. The number of rotatable bonds is 3. The van der Waals surface area contributed by atoms with Gasteiger partial charge in [0.25, 0.3) is 5.56 Å². The summed E-state index contributed by atoms with van der Waals surface area (Å²) in [6.45, 7) is 4.16. The first kappa shape index (κ1) is 16.0. The lowest BCUT2D eigenvalue weighted by atomic mass is 9.92. The normalized spacial score (nSPS) is 15.0. The van der Waals surface area contributed by atoms with E-state index in [1.165, 1.54) is 12.8 Å². The van der Waals surface area contributed by atoms with Crippen LogP contribution in [0.1, 0.15) is 31.2 Å². The Morgan fingerprint density at radius 3 is 2.39 bits per heavy atom. The van der Waals surface area contributed by atoms with Gasteiger partial charge in [-0.25, -0.2) is 4.79 Å². The van der Waals surface area contributed by atoms with Crippen LogP contribution in [0.5, 0.6) is 0 Å². The van der Waals surface area contributed by atoms with Gasteiger partial charge in [0.2, 0.25) is 0 Å². The van der Waals surface area contributed by atoms with Crippen LogP contribution in [0.25, 0.3) is 11.3 Å². The van der Waals surface area contributed by atoms with Crippen LogP contribution in [-0.2, 0) is 0 Å². The lowest BCUT2D eigenvalue weighted by molar-refractivity contribution is 0.707. The maximum atomic E-state index is 11.8. The van der Waals surface area contributed by atoms with E-state index < -0.39 is 11.2 Å². The molecule has 0 amide bonds. The van der Waals surface area contributed by atoms with Crippen LogP contribution in [0.4, 0.5) is 0 Å². The molecule has 1 aliphatic rings. The molecule has 5 nitrogen and oxygen atoms in total. The van der Waals surface area contributed by atoms with Crippen molar-refractivity contribution in [2.24, 2.45) is 5.92 Å². The van der Waals surface area contributed by atoms with E-state index in [-0.39, 0.29) is 0 Å². The Morgan fingerprint density at radius 1 is 1.22 bits per heavy atom. The molecule has 1 N–H and O–H groups in total. The standard InChI is InChI=1S/C16H15Cl2N3O2/c1-9(10-4-2-3-5-10)15-12(17)6-11(7-13(15)18)21-16(23)20-14(22)8-19-21/h6-8,10H,1-5H2,(H,20,22,23). The second-order valence-electron chi connectivity index (χ2n) is 5.64. The molecule has 0 radical (unpaired) electrons. The Morgan fingerprint density at radius 2 is 1.83 bits per heavy atom. The van der Waals surface area contributed by atoms with Gasteiger partial charge in [-0.3, -0.25) is 9.78 Å². The summed E-state index contributed by atoms with van der Waals surface area (Å²) in [7, 11) is 0. The van der Waals surface area contributed by atoms with E-state index in [9.17, 15) is 9.59 Å². The third-order valence-corrected chi connectivity index (χ3v) is 4.75. The van der Waals surface area contributed by atoms with Gasteiger partial charge in [-0.1, -0.05) is 42.6 Å². The first-order chi connectivity index (χ1) is 11.0. The lowest BCUT2D eigenvalue weighted by Gasteiger charge is -2.17. The molecule has 0 unspecified atom stereocenters. The first-order valence-electron chi connectivity index (χ1n) is 7.34. The average molecular weight is 352 g/mol. The lowest BCUT2D eigenvalue weighted by Crippen LogP contribution is -2.30. The van der Waals surface area contributed by atoms with Gasteiger partial charge in [0, 0.05) is 5.56 Å². The van der Waals surface area contributed by atoms with Crippen LogP contribution < -0.4 is 11.2 Å². The summed E-state index contributed by atoms with van der Waals surface area (Å²) in [5.41, 5.74) is 0.846. The molecule has 0 bridgehead atoms. The summed E-state index contributed by atoms with van der Waals surface area (Å²) >= 11 is 12.8. The van der Waals surface area contributed by atoms with E-state index in [0.717, 1.165) is 34.9 Å². The highest BCUT2D eigenvalue weighted by Crippen LogP contribution is 2.41. The fourth-order valence-corrected chi connectivity index (χ4v) is 3.72. The molecule has 0 aliphatic heterocycles. The predicted octanol–water partition coefficient (Wildman–Crippen LogP) is 3.43. The van der Waals surface area contributed by atoms with Crippen molar-refractivity contribution < 1.29 is 0 Å². The second-order valence-corrected chi connectivity index (χ2v) is 6.46. The molecule has 3 rings (SSSR count). The Kier molecular flexibility index (Phi) is 4.41. The molecule has 0 spiro atoms. The molecule has 1 saturated carbocycles. The zero-order chi connectivity index (χ0) is 16.6. The number of aromatic amines is 1. The van der Waals surface area contributed by atoms with E-state index in [1.54, 1.807) is 12.1 Å². The van der Waals surface area contributed by atoms with Gasteiger partial charge in [-0.05, 0) is 36.5 Å². The van der Waals surface area contributed by atoms with Crippen molar-refractivity contribution in [3.63, 3.8) is 0 Å². The molecule has 1 aromatic heterocycles. The number of aromatic nitrogens is 3. The maximum absolute atomic E-state index is 11.8. The van der Waals surface area contributed by atoms with Crippen LogP contribution in [0.15, 0.2) is 34.5 Å². The van der Waals surface area contributed by atoms with Crippen molar-refractivity contribution in [1.29, 1.82) is 0 Å². The van der Waals surface area contributed by atoms with Gasteiger partial charge >= 0.3 is 5.69 Å². The van der Waals surface area contributed by atoms with Gasteiger partial charge in [-0.15, -0.1) is 0 Å². The number of nitrogens with zero attached hydrogens (tertiary/aromatic N) is 2. The number of halogens is 2. The van der Waals surface area contributed by atoms with Gasteiger partial charge in [-0.2, -0.15) is 9.78 Å². The summed E-state index contributed by atoms with van der Waals surface area (Å²) in [6, 6.07) is 3.21. The molecule has 1 aliphatic carbocycles. The van der Waals surface area contributed by atoms with Crippen LogP contribution in [0, 0.1) is 5.92 Å². The van der Waals surface area contributed by atoms with Crippen molar-refractivity contribution in [2.75, 3.05) is 0 Å². The number of hydrogen-bond donors (Lipinski definition) is 1. The summed E-state index contributed by atoms with van der Waals surface area (Å²) in [4.78, 5) is 25.1. The zero-order valence-electron chi connectivity index (χ0n) is 12.3. The zero-order valence-corrected chi connectivity index (χ0v) is 13.8. The summed E-state index contributed by atoms with van der Waals surface area (Å²) in [6.07, 6.45) is 5.58. The predicted molar refractivity (Wildman–Crippen MR) is 91.5 cm³/mol. The molecule has 120 valence electrons. The molecule has 0 saturated heterocycles. The fourth-order valence-electron chi connectivity index (χ4n) is 3.00. The number of H-pyrrole nitrogens is 1. The van der Waals surface area contributed by atoms with E-state index in [4.69, 9.17) is 23.2 Å². The third kappa shape index (κ3) is 3.12. The van der Waals surface area contributed by atoms with Gasteiger partial charge < -0.3 is 0 Å². The van der Waals surface area contributed by atoms with Crippen molar-refractivity contribution in [1.82, 2.24) is 14.8 Å². The molecule has 1 aromatic carbocycles. The van der Waals surface area contributed by atoms with Crippen molar-refractivity contribution in [3.05, 3.63) is 61.4 Å². The van der Waals surface area contributed by atoms with Crippen molar-refractivity contribution in [3.8, 4) is 5.69 Å². The summed E-state index contributed by atoms with van der Waals surface area (Å²) in [5.74, 6) is 0.393. The quantitative estimate of drug-likeness (QED) is 0.920. The Hall–Kier alpha value is -1.85. The smallest absolute Gasteiger partial charge is 0.271 e. The van der Waals surface area contributed by atoms with Crippen LogP contribution in [-0.4, -0.2) is 14.8 Å². The topological polar surface area (TPSA) is 67.8 Å². The van der Waals surface area contributed by atoms with E-state index >= 15 is 0 Å². The molecule has 0 atom stereocenters. The molecular formula is C16H15Cl2N3O2. The van der Waals surface area contributed by atoms with Crippen LogP contribution in [0.3, 0.4) is 0 Å². The molecule has 7 heteroatoms. The first-order valence-corrected chi connectivity index (χ1v) is 8.10. The highest BCUT2D eigenvalue weighted by molar-refractivity contribution is 6.37. The molecule has 1 fully saturated rings. The summed E-state index contributed by atoms with van der Waals surface area (Å²) < 4.78 is 1.04. The molecular weight excluding hydrogens is 337 g/mol. The maximum Gasteiger partial charge on any atom is 0.349 e. The van der Waals surface area contributed by atoms with E-state index in [1.807, 2.05) is 0 Å². The Labute approximate surface area is 142 Å². The van der Waals surface area contributed by atoms with E-state index in [0.29, 0.717) is 21.7 Å². The number of benzene rings is 1. The second kappa shape index (κ2) is 6.34. The summed E-state index contributed by atoms with van der Waals surface area (Å²) in [5, 5.41) is 4.64.